The number of nitrogens with zero attached hydrogens (tertiary/aromatic N) is 3. The van der Waals surface area contributed by atoms with Gasteiger partial charge in [-0.05, 0) is 30.2 Å². The lowest BCUT2D eigenvalue weighted by atomic mass is 9.95. The van der Waals surface area contributed by atoms with Gasteiger partial charge in [-0.15, -0.1) is 10.2 Å². The Morgan fingerprint density at radius 2 is 2.25 bits per heavy atom. The lowest BCUT2D eigenvalue weighted by Crippen LogP contribution is -2.30. The van der Waals surface area contributed by atoms with Crippen LogP contribution >= 0.6 is 0 Å². The second kappa shape index (κ2) is 5.89. The monoisotopic (exact) mass is 324 g/mol. The van der Waals surface area contributed by atoms with Crippen molar-refractivity contribution in [3.8, 4) is 0 Å². The highest BCUT2D eigenvalue weighted by atomic mass is 16.1. The number of carbonyl (C=O) groups is 1. The zero-order valence-electron chi connectivity index (χ0n) is 12.9. The van der Waals surface area contributed by atoms with Gasteiger partial charge in [0.15, 0.2) is 5.82 Å². The fourth-order valence-corrected chi connectivity index (χ4v) is 2.99. The van der Waals surface area contributed by atoms with E-state index < -0.39 is 0 Å². The number of carbonyl (C=O) groups excluding carboxylic acids is 1. The molecule has 3 aromatic rings. The number of amides is 1. The summed E-state index contributed by atoms with van der Waals surface area (Å²) < 4.78 is 1.57. The molecule has 0 unspecified atom stereocenters. The molecule has 24 heavy (non-hydrogen) atoms. The summed E-state index contributed by atoms with van der Waals surface area (Å²) in [7, 11) is 0. The van der Waals surface area contributed by atoms with E-state index in [1.54, 1.807) is 10.6 Å². The van der Waals surface area contributed by atoms with Gasteiger partial charge in [0.05, 0.1) is 6.54 Å². The van der Waals surface area contributed by atoms with E-state index >= 15 is 0 Å². The van der Waals surface area contributed by atoms with Gasteiger partial charge in [0.1, 0.15) is 0 Å². The van der Waals surface area contributed by atoms with E-state index in [9.17, 15) is 9.59 Å². The van der Waals surface area contributed by atoms with Crippen LogP contribution in [-0.4, -0.2) is 32.0 Å². The number of aromatic amines is 1. The molecule has 8 nitrogen and oxygen atoms in total. The summed E-state index contributed by atoms with van der Waals surface area (Å²) in [6.45, 7) is 1.82. The molecular weight excluding hydrogens is 308 g/mol. The molecule has 122 valence electrons. The maximum atomic E-state index is 12.6. The summed E-state index contributed by atoms with van der Waals surface area (Å²) in [5, 5.41) is 14.0. The van der Waals surface area contributed by atoms with E-state index in [2.05, 4.69) is 31.9 Å². The molecule has 8 heteroatoms. The number of hydrogen-bond acceptors (Lipinski definition) is 5. The summed E-state index contributed by atoms with van der Waals surface area (Å²) in [5.41, 5.74) is 2.82. The van der Waals surface area contributed by atoms with Crippen LogP contribution in [0.25, 0.3) is 5.65 Å². The smallest absolute Gasteiger partial charge is 0.293 e. The van der Waals surface area contributed by atoms with E-state index in [-0.39, 0.29) is 23.7 Å². The van der Waals surface area contributed by atoms with Gasteiger partial charge >= 0.3 is 0 Å². The standard InChI is InChI=1S/C16H16N6O2/c23-15(11-3-1-2-10-4-5-17-8-12(10)11)19-9-13-20-21-14-16(24)18-6-7-22(13)14/h1-3,6-7,17H,4-5,8-9H2,(H,18,24)(H,19,23). The first-order valence-corrected chi connectivity index (χ1v) is 7.75. The first kappa shape index (κ1) is 14.6. The average molecular weight is 324 g/mol. The molecule has 3 heterocycles. The number of nitrogens with one attached hydrogen (secondary N) is 3. The topological polar surface area (TPSA) is 104 Å². The number of aromatic nitrogens is 4. The first-order valence-electron chi connectivity index (χ1n) is 7.75. The Labute approximate surface area is 136 Å². The summed E-state index contributed by atoms with van der Waals surface area (Å²) in [5.74, 6) is 0.351. The molecule has 1 amide bonds. The second-order valence-electron chi connectivity index (χ2n) is 5.65. The molecule has 0 bridgehead atoms. The summed E-state index contributed by atoms with van der Waals surface area (Å²) in [6.07, 6.45) is 4.10. The largest absolute Gasteiger partial charge is 0.345 e. The molecule has 4 rings (SSSR count). The quantitative estimate of drug-likeness (QED) is 0.629. The van der Waals surface area contributed by atoms with E-state index in [1.165, 1.54) is 11.8 Å². The molecule has 1 aromatic carbocycles. The van der Waals surface area contributed by atoms with Crippen LogP contribution in [0.5, 0.6) is 0 Å². The van der Waals surface area contributed by atoms with Crippen LogP contribution in [0, 0.1) is 0 Å². The highest BCUT2D eigenvalue weighted by Crippen LogP contribution is 2.18. The van der Waals surface area contributed by atoms with Gasteiger partial charge in [-0.2, -0.15) is 0 Å². The van der Waals surface area contributed by atoms with E-state index in [0.717, 1.165) is 18.5 Å². The van der Waals surface area contributed by atoms with Crippen LogP contribution in [0.3, 0.4) is 0 Å². The van der Waals surface area contributed by atoms with Crippen molar-refractivity contribution in [2.75, 3.05) is 6.54 Å². The summed E-state index contributed by atoms with van der Waals surface area (Å²) in [6, 6.07) is 5.80. The van der Waals surface area contributed by atoms with E-state index in [4.69, 9.17) is 0 Å². The predicted octanol–water partition coefficient (Wildman–Crippen LogP) is -0.00670. The summed E-state index contributed by atoms with van der Waals surface area (Å²) >= 11 is 0. The van der Waals surface area contributed by atoms with Crippen LogP contribution < -0.4 is 16.2 Å². The molecule has 0 atom stereocenters. The third-order valence-electron chi connectivity index (χ3n) is 4.21. The first-order chi connectivity index (χ1) is 11.7. The number of hydrogen-bond donors (Lipinski definition) is 3. The third kappa shape index (κ3) is 2.46. The van der Waals surface area contributed by atoms with Crippen molar-refractivity contribution in [2.24, 2.45) is 0 Å². The Kier molecular flexibility index (Phi) is 3.58. The predicted molar refractivity (Wildman–Crippen MR) is 86.6 cm³/mol. The van der Waals surface area contributed by atoms with Crippen molar-refractivity contribution in [3.05, 3.63) is 63.5 Å². The van der Waals surface area contributed by atoms with E-state index in [1.807, 2.05) is 12.1 Å². The SMILES string of the molecule is O=C(NCc1nnc2c(=O)[nH]ccn12)c1cccc2c1CNCC2. The third-order valence-corrected chi connectivity index (χ3v) is 4.21. The molecule has 0 fully saturated rings. The number of rotatable bonds is 3. The van der Waals surface area contributed by atoms with Gasteiger partial charge in [-0.25, -0.2) is 0 Å². The maximum absolute atomic E-state index is 12.6. The van der Waals surface area contributed by atoms with Gasteiger partial charge in [0.25, 0.3) is 11.5 Å². The lowest BCUT2D eigenvalue weighted by Gasteiger charge is -2.19. The average Bonchev–Trinajstić information content (AvgIpc) is 3.04. The van der Waals surface area contributed by atoms with Gasteiger partial charge in [0.2, 0.25) is 5.65 Å². The van der Waals surface area contributed by atoms with Crippen LogP contribution in [0.2, 0.25) is 0 Å². The van der Waals surface area contributed by atoms with Crippen LogP contribution in [0.1, 0.15) is 27.3 Å². The molecule has 1 aliphatic heterocycles. The Morgan fingerprint density at radius 1 is 1.33 bits per heavy atom. The van der Waals surface area contributed by atoms with Gasteiger partial charge in [-0.1, -0.05) is 12.1 Å². The molecule has 1 aliphatic rings. The Balaban J connectivity index is 1.57. The molecule has 3 N–H and O–H groups in total. The van der Waals surface area contributed by atoms with Crippen molar-refractivity contribution in [1.82, 2.24) is 30.2 Å². The van der Waals surface area contributed by atoms with Gasteiger partial charge in [-0.3, -0.25) is 14.0 Å². The van der Waals surface area contributed by atoms with Gasteiger partial charge < -0.3 is 15.6 Å². The fraction of sp³-hybridized carbons (Fsp3) is 0.250. The van der Waals surface area contributed by atoms with Gasteiger partial charge in [0, 0.05) is 24.5 Å². The van der Waals surface area contributed by atoms with Crippen molar-refractivity contribution in [3.63, 3.8) is 0 Å². The normalized spacial score (nSPS) is 13.7. The molecule has 0 saturated carbocycles. The highest BCUT2D eigenvalue weighted by molar-refractivity contribution is 5.96. The number of H-pyrrole nitrogens is 1. The molecular formula is C16H16N6O2. The zero-order valence-corrected chi connectivity index (χ0v) is 12.9. The summed E-state index contributed by atoms with van der Waals surface area (Å²) in [4.78, 5) is 26.7. The Morgan fingerprint density at radius 3 is 3.17 bits per heavy atom. The van der Waals surface area contributed by atoms with Crippen molar-refractivity contribution in [1.29, 1.82) is 0 Å². The van der Waals surface area contributed by atoms with Crippen LogP contribution in [-0.2, 0) is 19.5 Å². The molecule has 0 radical (unpaired) electrons. The van der Waals surface area contributed by atoms with Crippen molar-refractivity contribution >= 4 is 11.6 Å². The fourth-order valence-electron chi connectivity index (χ4n) is 2.99. The van der Waals surface area contributed by atoms with Crippen molar-refractivity contribution < 1.29 is 4.79 Å². The molecule has 0 saturated heterocycles. The zero-order chi connectivity index (χ0) is 16.5. The highest BCUT2D eigenvalue weighted by Gasteiger charge is 2.17. The van der Waals surface area contributed by atoms with Crippen LogP contribution in [0.4, 0.5) is 0 Å². The minimum absolute atomic E-state index is 0.155. The Bertz CT molecular complexity index is 974. The van der Waals surface area contributed by atoms with E-state index in [0.29, 0.717) is 17.9 Å². The minimum Gasteiger partial charge on any atom is -0.345 e. The van der Waals surface area contributed by atoms with Crippen LogP contribution in [0.15, 0.2) is 35.4 Å². The lowest BCUT2D eigenvalue weighted by molar-refractivity contribution is 0.0948. The molecule has 0 aliphatic carbocycles. The molecule has 0 spiro atoms. The minimum atomic E-state index is -0.314. The number of fused-ring (bicyclic) bond motifs is 2. The number of benzene rings is 1. The molecule has 2 aromatic heterocycles. The second-order valence-corrected chi connectivity index (χ2v) is 5.65. The maximum Gasteiger partial charge on any atom is 0.293 e. The van der Waals surface area contributed by atoms with Crippen molar-refractivity contribution in [2.45, 2.75) is 19.5 Å². The Hall–Kier alpha value is -3.00.